The van der Waals surface area contributed by atoms with Gasteiger partial charge in [0.15, 0.2) is 6.10 Å². The van der Waals surface area contributed by atoms with Crippen LogP contribution in [-0.4, -0.2) is 30.8 Å². The number of rotatable bonds is 18. The predicted molar refractivity (Wildman–Crippen MR) is 166 cm³/mol. The van der Waals surface area contributed by atoms with Gasteiger partial charge < -0.3 is 14.2 Å². The average Bonchev–Trinajstić information content (AvgIpc) is 3.02. The van der Waals surface area contributed by atoms with Gasteiger partial charge in [0.1, 0.15) is 11.5 Å². The number of hydrogen-bond donors (Lipinski definition) is 0. The van der Waals surface area contributed by atoms with E-state index < -0.39 is 24.2 Å². The minimum atomic E-state index is -4.62. The molecule has 3 aromatic carbocycles. The number of hydrogen-bond acceptors (Lipinski definition) is 5. The summed E-state index contributed by atoms with van der Waals surface area (Å²) in [6, 6.07) is 19.8. The molecule has 44 heavy (non-hydrogen) atoms. The number of benzene rings is 3. The Hall–Kier alpha value is -3.81. The lowest BCUT2D eigenvalue weighted by Gasteiger charge is -2.20. The fourth-order valence-electron chi connectivity index (χ4n) is 4.68. The van der Waals surface area contributed by atoms with E-state index >= 15 is 0 Å². The lowest BCUT2D eigenvalue weighted by molar-refractivity contribution is -0.206. The molecule has 8 heteroatoms. The van der Waals surface area contributed by atoms with Crippen molar-refractivity contribution in [2.24, 2.45) is 0 Å². The van der Waals surface area contributed by atoms with Crippen LogP contribution >= 0.6 is 0 Å². The molecular weight excluding hydrogens is 569 g/mol. The zero-order chi connectivity index (χ0) is 31.8. The average molecular weight is 613 g/mol. The highest BCUT2D eigenvalue weighted by molar-refractivity contribution is 5.92. The van der Waals surface area contributed by atoms with Crippen molar-refractivity contribution < 1.29 is 37.0 Å². The molecule has 0 bridgehead atoms. The third-order valence-electron chi connectivity index (χ3n) is 7.31. The van der Waals surface area contributed by atoms with E-state index in [0.29, 0.717) is 30.8 Å². The van der Waals surface area contributed by atoms with Gasteiger partial charge in [0.25, 0.3) is 0 Å². The molecule has 0 saturated carbocycles. The fourth-order valence-corrected chi connectivity index (χ4v) is 4.68. The molecule has 0 amide bonds. The van der Waals surface area contributed by atoms with Crippen LogP contribution in [0.4, 0.5) is 13.2 Å². The van der Waals surface area contributed by atoms with Crippen LogP contribution < -0.4 is 9.47 Å². The Morgan fingerprint density at radius 2 is 1.09 bits per heavy atom. The van der Waals surface area contributed by atoms with Crippen molar-refractivity contribution in [2.45, 2.75) is 96.8 Å². The monoisotopic (exact) mass is 612 g/mol. The Kier molecular flexibility index (Phi) is 14.3. The first kappa shape index (κ1) is 34.7. The zero-order valence-electron chi connectivity index (χ0n) is 25.7. The highest BCUT2D eigenvalue weighted by atomic mass is 19.4. The molecule has 1 atom stereocenters. The number of ether oxygens (including phenoxy) is 3. The van der Waals surface area contributed by atoms with Gasteiger partial charge in [-0.2, -0.15) is 13.2 Å². The first-order chi connectivity index (χ1) is 21.2. The highest BCUT2D eigenvalue weighted by Gasteiger charge is 2.42. The largest absolute Gasteiger partial charge is 0.494 e. The summed E-state index contributed by atoms with van der Waals surface area (Å²) in [6.45, 7) is 4.83. The predicted octanol–water partition coefficient (Wildman–Crippen LogP) is 10.4. The summed E-state index contributed by atoms with van der Waals surface area (Å²) >= 11 is 0. The van der Waals surface area contributed by atoms with E-state index in [1.54, 1.807) is 60.7 Å². The summed E-state index contributed by atoms with van der Waals surface area (Å²) in [4.78, 5) is 25.1. The number of halogens is 3. The summed E-state index contributed by atoms with van der Waals surface area (Å²) in [6.07, 6.45) is 2.91. The van der Waals surface area contributed by atoms with E-state index in [9.17, 15) is 22.8 Å². The minimum Gasteiger partial charge on any atom is -0.494 e. The quantitative estimate of drug-likeness (QED) is 0.0813. The molecule has 5 nitrogen and oxygen atoms in total. The van der Waals surface area contributed by atoms with Crippen LogP contribution in [-0.2, 0) is 4.74 Å². The van der Waals surface area contributed by atoms with E-state index in [2.05, 4.69) is 6.92 Å². The smallest absolute Gasteiger partial charge is 0.425 e. The normalized spacial score (nSPS) is 12.0. The van der Waals surface area contributed by atoms with Gasteiger partial charge in [0.05, 0.1) is 17.7 Å². The maximum Gasteiger partial charge on any atom is 0.425 e. The summed E-state index contributed by atoms with van der Waals surface area (Å²) < 4.78 is 56.3. The van der Waals surface area contributed by atoms with Gasteiger partial charge in [0, 0.05) is 0 Å². The van der Waals surface area contributed by atoms with Crippen LogP contribution in [0, 0.1) is 0 Å². The molecule has 0 fully saturated rings. The van der Waals surface area contributed by atoms with Gasteiger partial charge in [-0.1, -0.05) is 89.5 Å². The SMILES string of the molecule is CCCCCCCCOc1ccc(OC(=O)c2ccc(-c3ccc(C(=O)OC(CCCCCC)C(F)(F)F)cc3)cc2)cc1. The van der Waals surface area contributed by atoms with Gasteiger partial charge in [-0.05, 0) is 78.9 Å². The fraction of sp³-hybridized carbons (Fsp3) is 0.444. The molecule has 0 aromatic heterocycles. The first-order valence-corrected chi connectivity index (χ1v) is 15.6. The summed E-state index contributed by atoms with van der Waals surface area (Å²) in [5.74, 6) is -0.388. The second kappa shape index (κ2) is 18.1. The van der Waals surface area contributed by atoms with Crippen LogP contribution in [0.1, 0.15) is 105 Å². The van der Waals surface area contributed by atoms with E-state index in [1.165, 1.54) is 37.8 Å². The van der Waals surface area contributed by atoms with Crippen molar-refractivity contribution in [3.63, 3.8) is 0 Å². The lowest BCUT2D eigenvalue weighted by atomic mass is 10.0. The summed E-state index contributed by atoms with van der Waals surface area (Å²) in [5, 5.41) is 0. The topological polar surface area (TPSA) is 61.8 Å². The van der Waals surface area contributed by atoms with E-state index in [1.807, 2.05) is 6.92 Å². The Labute approximate surface area is 258 Å². The molecule has 0 heterocycles. The third-order valence-corrected chi connectivity index (χ3v) is 7.31. The summed E-state index contributed by atoms with van der Waals surface area (Å²) in [5.41, 5.74) is 1.88. The second-order valence-electron chi connectivity index (χ2n) is 10.9. The Balaban J connectivity index is 1.50. The van der Waals surface area contributed by atoms with E-state index in [-0.39, 0.29) is 12.0 Å². The molecule has 0 aliphatic rings. The molecule has 0 N–H and O–H groups in total. The molecule has 0 spiro atoms. The van der Waals surface area contributed by atoms with Crippen LogP contribution in [0.2, 0.25) is 0 Å². The molecule has 238 valence electrons. The van der Waals surface area contributed by atoms with Gasteiger partial charge in [0.2, 0.25) is 0 Å². The minimum absolute atomic E-state index is 0.0376. The number of esters is 2. The third kappa shape index (κ3) is 11.7. The van der Waals surface area contributed by atoms with Crippen LogP contribution in [0.3, 0.4) is 0 Å². The highest BCUT2D eigenvalue weighted by Crippen LogP contribution is 2.29. The number of carbonyl (C=O) groups is 2. The van der Waals surface area contributed by atoms with E-state index in [4.69, 9.17) is 14.2 Å². The zero-order valence-corrected chi connectivity index (χ0v) is 25.7. The van der Waals surface area contributed by atoms with E-state index in [0.717, 1.165) is 42.6 Å². The maximum absolute atomic E-state index is 13.4. The number of carbonyl (C=O) groups excluding carboxylic acids is 2. The van der Waals surface area contributed by atoms with Crippen molar-refractivity contribution in [2.75, 3.05) is 6.61 Å². The number of unbranched alkanes of at least 4 members (excludes halogenated alkanes) is 8. The van der Waals surface area contributed by atoms with Gasteiger partial charge in [-0.25, -0.2) is 9.59 Å². The Bertz CT molecular complexity index is 1270. The molecule has 0 radical (unpaired) electrons. The van der Waals surface area contributed by atoms with Crippen molar-refractivity contribution in [3.8, 4) is 22.6 Å². The van der Waals surface area contributed by atoms with Crippen molar-refractivity contribution in [1.29, 1.82) is 0 Å². The standard InChI is InChI=1S/C36H43F3O5/c1-3-5-7-9-10-12-26-42-31-22-24-32(25-23-31)43-34(40)29-18-14-27(15-19-29)28-16-20-30(21-17-28)35(41)44-33(36(37,38)39)13-11-8-6-4-2/h14-25,33H,3-13,26H2,1-2H3. The van der Waals surface area contributed by atoms with Crippen LogP contribution in [0.15, 0.2) is 72.8 Å². The second-order valence-corrected chi connectivity index (χ2v) is 10.9. The molecular formula is C36H43F3O5. The van der Waals surface area contributed by atoms with Gasteiger partial charge in [-0.15, -0.1) is 0 Å². The molecule has 0 saturated heterocycles. The van der Waals surface area contributed by atoms with Crippen LogP contribution in [0.25, 0.3) is 11.1 Å². The van der Waals surface area contributed by atoms with Crippen molar-refractivity contribution in [1.82, 2.24) is 0 Å². The molecule has 0 aliphatic carbocycles. The molecule has 0 aliphatic heterocycles. The maximum atomic E-state index is 13.4. The molecule has 3 rings (SSSR count). The summed E-state index contributed by atoms with van der Waals surface area (Å²) in [7, 11) is 0. The lowest BCUT2D eigenvalue weighted by Crippen LogP contribution is -2.33. The Morgan fingerprint density at radius 1 is 0.614 bits per heavy atom. The van der Waals surface area contributed by atoms with Gasteiger partial charge in [-0.3, -0.25) is 0 Å². The van der Waals surface area contributed by atoms with Crippen molar-refractivity contribution >= 4 is 11.9 Å². The van der Waals surface area contributed by atoms with Crippen molar-refractivity contribution in [3.05, 3.63) is 83.9 Å². The van der Waals surface area contributed by atoms with Gasteiger partial charge >= 0.3 is 18.1 Å². The van der Waals surface area contributed by atoms with Crippen LogP contribution in [0.5, 0.6) is 11.5 Å². The number of alkyl halides is 3. The Morgan fingerprint density at radius 3 is 1.64 bits per heavy atom. The molecule has 1 unspecified atom stereocenters. The first-order valence-electron chi connectivity index (χ1n) is 15.6. The molecule has 3 aromatic rings.